The standard InChI is InChI=1S/C27H25Cl2N5O2S/c1-15(2)31-27-32-23-14-33(25(35)18-6-9-21(28)22(29)13-18)16(3)12-20(23)26(36)34(27)19-7-4-17(5-8-19)24-10-11-30-37-24/h4-11,13,15-16H,12,14H2,1-3H3,(H,31,32)/t16-/m1/s1. The van der Waals surface area contributed by atoms with Crippen molar-refractivity contribution in [1.82, 2.24) is 18.8 Å². The van der Waals surface area contributed by atoms with E-state index in [1.165, 1.54) is 11.5 Å². The molecule has 37 heavy (non-hydrogen) atoms. The lowest BCUT2D eigenvalue weighted by Gasteiger charge is -2.34. The van der Waals surface area contributed by atoms with Crippen LogP contribution in [-0.4, -0.2) is 36.8 Å². The van der Waals surface area contributed by atoms with Gasteiger partial charge in [0.05, 0.1) is 32.8 Å². The molecule has 5 rings (SSSR count). The van der Waals surface area contributed by atoms with E-state index >= 15 is 0 Å². The normalized spacial score (nSPS) is 15.1. The number of rotatable bonds is 5. The molecule has 10 heteroatoms. The topological polar surface area (TPSA) is 80.1 Å². The summed E-state index contributed by atoms with van der Waals surface area (Å²) in [5.41, 5.74) is 3.28. The van der Waals surface area contributed by atoms with Crippen molar-refractivity contribution in [3.05, 3.63) is 91.9 Å². The predicted octanol–water partition coefficient (Wildman–Crippen LogP) is 6.07. The zero-order valence-corrected chi connectivity index (χ0v) is 22.9. The Bertz CT molecular complexity index is 1520. The molecule has 1 atom stereocenters. The number of carbonyl (C=O) groups is 1. The highest BCUT2D eigenvalue weighted by molar-refractivity contribution is 7.09. The molecule has 1 aliphatic heterocycles. The lowest BCUT2D eigenvalue weighted by molar-refractivity contribution is 0.0653. The maximum atomic E-state index is 13.8. The molecule has 2 aromatic carbocycles. The molecule has 3 heterocycles. The molecule has 0 unspecified atom stereocenters. The molecule has 2 aromatic heterocycles. The molecule has 0 radical (unpaired) electrons. The second-order valence-electron chi connectivity index (χ2n) is 9.34. The Morgan fingerprint density at radius 1 is 1.11 bits per heavy atom. The highest BCUT2D eigenvalue weighted by Crippen LogP contribution is 2.28. The van der Waals surface area contributed by atoms with E-state index in [9.17, 15) is 9.59 Å². The van der Waals surface area contributed by atoms with Gasteiger partial charge in [0.2, 0.25) is 5.95 Å². The smallest absolute Gasteiger partial charge is 0.263 e. The lowest BCUT2D eigenvalue weighted by atomic mass is 9.98. The van der Waals surface area contributed by atoms with Gasteiger partial charge in [0.25, 0.3) is 11.5 Å². The van der Waals surface area contributed by atoms with Gasteiger partial charge in [-0.3, -0.25) is 9.59 Å². The van der Waals surface area contributed by atoms with Crippen LogP contribution in [-0.2, 0) is 13.0 Å². The molecule has 1 N–H and O–H groups in total. The van der Waals surface area contributed by atoms with Crippen LogP contribution in [0.15, 0.2) is 59.5 Å². The van der Waals surface area contributed by atoms with Crippen molar-refractivity contribution in [2.24, 2.45) is 0 Å². The van der Waals surface area contributed by atoms with Crippen LogP contribution in [0, 0.1) is 0 Å². The van der Waals surface area contributed by atoms with Gasteiger partial charge in [0, 0.05) is 29.4 Å². The molecule has 7 nitrogen and oxygen atoms in total. The number of nitrogens with zero attached hydrogens (tertiary/aromatic N) is 4. The van der Waals surface area contributed by atoms with Crippen LogP contribution in [0.2, 0.25) is 10.0 Å². The number of carbonyl (C=O) groups excluding carboxylic acids is 1. The largest absolute Gasteiger partial charge is 0.353 e. The number of anilines is 1. The summed E-state index contributed by atoms with van der Waals surface area (Å²) in [6.45, 7) is 6.14. The van der Waals surface area contributed by atoms with E-state index in [0.717, 1.165) is 16.1 Å². The zero-order chi connectivity index (χ0) is 26.3. The fourth-order valence-corrected chi connectivity index (χ4v) is 5.36. The molecule has 0 saturated carbocycles. The highest BCUT2D eigenvalue weighted by Gasteiger charge is 2.32. The van der Waals surface area contributed by atoms with Crippen molar-refractivity contribution < 1.29 is 4.79 Å². The third kappa shape index (κ3) is 5.01. The Kier molecular flexibility index (Phi) is 7.07. The van der Waals surface area contributed by atoms with Crippen molar-refractivity contribution in [2.75, 3.05) is 5.32 Å². The van der Waals surface area contributed by atoms with E-state index < -0.39 is 0 Å². The summed E-state index contributed by atoms with van der Waals surface area (Å²) in [5, 5.41) is 4.03. The minimum atomic E-state index is -0.199. The third-order valence-corrected chi connectivity index (χ3v) is 7.84. The number of halogens is 2. The number of benzene rings is 2. The van der Waals surface area contributed by atoms with Crippen LogP contribution in [0.3, 0.4) is 0 Å². The van der Waals surface area contributed by atoms with Crippen LogP contribution >= 0.6 is 34.7 Å². The highest BCUT2D eigenvalue weighted by atomic mass is 35.5. The van der Waals surface area contributed by atoms with Crippen molar-refractivity contribution >= 4 is 46.6 Å². The van der Waals surface area contributed by atoms with Gasteiger partial charge in [-0.15, -0.1) is 0 Å². The molecule has 0 saturated heterocycles. The maximum absolute atomic E-state index is 13.8. The van der Waals surface area contributed by atoms with E-state index in [1.807, 2.05) is 51.1 Å². The average Bonchev–Trinajstić information content (AvgIpc) is 3.41. The number of hydrogen-bond donors (Lipinski definition) is 1. The van der Waals surface area contributed by atoms with Crippen molar-refractivity contribution in [3.63, 3.8) is 0 Å². The molecular weight excluding hydrogens is 529 g/mol. The van der Waals surface area contributed by atoms with E-state index in [-0.39, 0.29) is 30.1 Å². The minimum absolute atomic E-state index is 0.0455. The van der Waals surface area contributed by atoms with Gasteiger partial charge in [0.15, 0.2) is 0 Å². The molecule has 0 fully saturated rings. The van der Waals surface area contributed by atoms with Crippen LogP contribution in [0.25, 0.3) is 16.1 Å². The predicted molar refractivity (Wildman–Crippen MR) is 149 cm³/mol. The maximum Gasteiger partial charge on any atom is 0.263 e. The first kappa shape index (κ1) is 25.4. The number of aromatic nitrogens is 3. The Morgan fingerprint density at radius 3 is 2.51 bits per heavy atom. The van der Waals surface area contributed by atoms with Crippen molar-refractivity contribution in [3.8, 4) is 16.1 Å². The fraction of sp³-hybridized carbons (Fsp3) is 0.259. The summed E-state index contributed by atoms with van der Waals surface area (Å²) in [5.74, 6) is 0.264. The van der Waals surface area contributed by atoms with Crippen LogP contribution < -0.4 is 10.9 Å². The second-order valence-corrected chi connectivity index (χ2v) is 11.0. The van der Waals surface area contributed by atoms with Gasteiger partial charge < -0.3 is 10.2 Å². The second kappa shape index (κ2) is 10.3. The Balaban J connectivity index is 1.54. The van der Waals surface area contributed by atoms with E-state index in [0.29, 0.717) is 39.2 Å². The Labute approximate surface area is 228 Å². The first-order chi connectivity index (χ1) is 17.7. The van der Waals surface area contributed by atoms with Crippen LogP contribution in [0.4, 0.5) is 5.95 Å². The Hall–Kier alpha value is -3.20. The molecule has 0 bridgehead atoms. The summed E-state index contributed by atoms with van der Waals surface area (Å²) in [7, 11) is 0. The monoisotopic (exact) mass is 553 g/mol. The number of amides is 1. The number of fused-ring (bicyclic) bond motifs is 1. The SMILES string of the molecule is CC(C)Nc1nc2c(c(=O)n1-c1ccc(-c3ccns3)cc1)C[C@@H](C)N(C(=O)c1ccc(Cl)c(Cl)c1)C2. The van der Waals surface area contributed by atoms with Crippen molar-refractivity contribution in [2.45, 2.75) is 45.8 Å². The van der Waals surface area contributed by atoms with Gasteiger partial charge in [-0.05, 0) is 80.7 Å². The third-order valence-electron chi connectivity index (χ3n) is 6.31. The van der Waals surface area contributed by atoms with E-state index in [2.05, 4.69) is 9.69 Å². The van der Waals surface area contributed by atoms with E-state index in [4.69, 9.17) is 28.2 Å². The Morgan fingerprint density at radius 2 is 1.86 bits per heavy atom. The van der Waals surface area contributed by atoms with Gasteiger partial charge in [-0.25, -0.2) is 13.9 Å². The van der Waals surface area contributed by atoms with Gasteiger partial charge in [-0.2, -0.15) is 0 Å². The van der Waals surface area contributed by atoms with E-state index in [1.54, 1.807) is 33.9 Å². The summed E-state index contributed by atoms with van der Waals surface area (Å²) in [6.07, 6.45) is 2.17. The first-order valence-electron chi connectivity index (χ1n) is 11.9. The van der Waals surface area contributed by atoms with Gasteiger partial charge >= 0.3 is 0 Å². The number of nitrogens with one attached hydrogen (secondary N) is 1. The summed E-state index contributed by atoms with van der Waals surface area (Å²) in [6, 6.07) is 14.5. The summed E-state index contributed by atoms with van der Waals surface area (Å²) >= 11 is 13.6. The zero-order valence-electron chi connectivity index (χ0n) is 20.5. The molecule has 0 spiro atoms. The van der Waals surface area contributed by atoms with Crippen molar-refractivity contribution in [1.29, 1.82) is 0 Å². The molecular formula is C27H25Cl2N5O2S. The molecule has 190 valence electrons. The molecule has 0 aliphatic carbocycles. The molecule has 4 aromatic rings. The van der Waals surface area contributed by atoms with Crippen LogP contribution in [0.5, 0.6) is 0 Å². The minimum Gasteiger partial charge on any atom is -0.353 e. The fourth-order valence-electron chi connectivity index (χ4n) is 4.46. The molecule has 1 aliphatic rings. The van der Waals surface area contributed by atoms with Gasteiger partial charge in [0.1, 0.15) is 0 Å². The van der Waals surface area contributed by atoms with Crippen LogP contribution in [0.1, 0.15) is 42.4 Å². The number of hydrogen-bond acceptors (Lipinski definition) is 6. The summed E-state index contributed by atoms with van der Waals surface area (Å²) in [4.78, 5) is 34.8. The average molecular weight is 555 g/mol. The summed E-state index contributed by atoms with van der Waals surface area (Å²) < 4.78 is 5.79. The van der Waals surface area contributed by atoms with Gasteiger partial charge in [-0.1, -0.05) is 35.3 Å². The first-order valence-corrected chi connectivity index (χ1v) is 13.4. The molecule has 1 amide bonds. The lowest BCUT2D eigenvalue weighted by Crippen LogP contribution is -2.46. The quantitative estimate of drug-likeness (QED) is 0.324.